The van der Waals surface area contributed by atoms with Crippen LogP contribution in [0.4, 0.5) is 13.2 Å². The summed E-state index contributed by atoms with van der Waals surface area (Å²) in [4.78, 5) is 23.8. The van der Waals surface area contributed by atoms with Crippen molar-refractivity contribution in [3.8, 4) is 0 Å². The molecule has 0 bridgehead atoms. The summed E-state index contributed by atoms with van der Waals surface area (Å²) in [5.41, 5.74) is 1.60. The van der Waals surface area contributed by atoms with Gasteiger partial charge < -0.3 is 10.1 Å². The van der Waals surface area contributed by atoms with Gasteiger partial charge in [0, 0.05) is 16.4 Å². The summed E-state index contributed by atoms with van der Waals surface area (Å²) in [5.74, 6) is -1.50. The number of methoxy groups -OCH3 is 1. The van der Waals surface area contributed by atoms with Gasteiger partial charge in [-0.3, -0.25) is 14.7 Å². The number of nitrogens with zero attached hydrogens (tertiary/aromatic N) is 1. The highest BCUT2D eigenvalue weighted by atomic mass is 79.9. The lowest BCUT2D eigenvalue weighted by atomic mass is 9.92. The average molecular weight is 434 g/mol. The number of halogens is 4. The Bertz CT molecular complexity index is 879. The van der Waals surface area contributed by atoms with Gasteiger partial charge in [0.2, 0.25) is 5.91 Å². The van der Waals surface area contributed by atoms with Crippen molar-refractivity contribution in [3.63, 3.8) is 0 Å². The maximum absolute atomic E-state index is 12.9. The standard InChI is InChI=1S/C16H15BrF3N3O3/c1-26-12(24)4-8-2-7-3-10(17)14-13(9(7)6-21-15(8)25)11(22-23-14)5-16(18,19)20/h3,8H,2,4-6H2,1H3,(H,21,25)(H,22,23)/t8-/m0/s1. The minimum Gasteiger partial charge on any atom is -0.469 e. The highest BCUT2D eigenvalue weighted by Crippen LogP contribution is 2.35. The normalized spacial score (nSPS) is 17.6. The predicted octanol–water partition coefficient (Wildman–Crippen LogP) is 2.78. The number of hydrogen-bond acceptors (Lipinski definition) is 4. The van der Waals surface area contributed by atoms with E-state index >= 15 is 0 Å². The van der Waals surface area contributed by atoms with Crippen LogP contribution in [0.1, 0.15) is 23.2 Å². The zero-order valence-electron chi connectivity index (χ0n) is 13.7. The molecule has 1 aliphatic rings. The predicted molar refractivity (Wildman–Crippen MR) is 89.2 cm³/mol. The Morgan fingerprint density at radius 1 is 1.46 bits per heavy atom. The SMILES string of the molecule is COC(=O)C[C@@H]1Cc2cc(Br)c3n[nH]c(CC(F)(F)F)c3c2CNC1=O. The van der Waals surface area contributed by atoms with Crippen LogP contribution in [0.2, 0.25) is 0 Å². The summed E-state index contributed by atoms with van der Waals surface area (Å²) in [7, 11) is 1.24. The molecule has 1 amide bonds. The number of aromatic nitrogens is 2. The van der Waals surface area contributed by atoms with E-state index in [-0.39, 0.29) is 31.0 Å². The molecule has 0 unspecified atom stereocenters. The quantitative estimate of drug-likeness (QED) is 0.728. The maximum atomic E-state index is 12.9. The first-order valence-corrected chi connectivity index (χ1v) is 8.57. The summed E-state index contributed by atoms with van der Waals surface area (Å²) in [6.45, 7) is 0.0695. The van der Waals surface area contributed by atoms with E-state index in [1.165, 1.54) is 7.11 Å². The number of esters is 1. The fourth-order valence-electron chi connectivity index (χ4n) is 3.18. The third-order valence-corrected chi connectivity index (χ3v) is 4.96. The molecule has 0 saturated heterocycles. The molecule has 26 heavy (non-hydrogen) atoms. The van der Waals surface area contributed by atoms with Crippen LogP contribution in [0.3, 0.4) is 0 Å². The molecule has 2 heterocycles. The van der Waals surface area contributed by atoms with Gasteiger partial charge in [-0.15, -0.1) is 0 Å². The highest BCUT2D eigenvalue weighted by molar-refractivity contribution is 9.10. The number of amides is 1. The largest absolute Gasteiger partial charge is 0.469 e. The van der Waals surface area contributed by atoms with E-state index in [1.54, 1.807) is 6.07 Å². The number of hydrogen-bond donors (Lipinski definition) is 2. The Morgan fingerprint density at radius 2 is 2.19 bits per heavy atom. The summed E-state index contributed by atoms with van der Waals surface area (Å²) in [5, 5.41) is 9.48. The van der Waals surface area contributed by atoms with E-state index in [1.807, 2.05) is 0 Å². The smallest absolute Gasteiger partial charge is 0.394 e. The molecule has 0 saturated carbocycles. The van der Waals surface area contributed by atoms with Crippen LogP contribution in [-0.4, -0.2) is 35.4 Å². The molecule has 6 nitrogen and oxygen atoms in total. The summed E-state index contributed by atoms with van der Waals surface area (Å²) in [6, 6.07) is 1.74. The molecular formula is C16H15BrF3N3O3. The fourth-order valence-corrected chi connectivity index (χ4v) is 3.75. The Morgan fingerprint density at radius 3 is 2.85 bits per heavy atom. The Hall–Kier alpha value is -2.10. The van der Waals surface area contributed by atoms with E-state index in [9.17, 15) is 22.8 Å². The molecule has 2 N–H and O–H groups in total. The number of H-pyrrole nitrogens is 1. The zero-order chi connectivity index (χ0) is 19.1. The Labute approximate surface area is 154 Å². The van der Waals surface area contributed by atoms with Crippen LogP contribution in [0.25, 0.3) is 10.9 Å². The lowest BCUT2D eigenvalue weighted by Crippen LogP contribution is -2.30. The molecule has 1 aromatic carbocycles. The second-order valence-electron chi connectivity index (χ2n) is 6.11. The highest BCUT2D eigenvalue weighted by Gasteiger charge is 2.33. The Balaban J connectivity index is 2.08. The molecule has 0 aliphatic carbocycles. The molecule has 10 heteroatoms. The summed E-state index contributed by atoms with van der Waals surface area (Å²) < 4.78 is 43.8. The van der Waals surface area contributed by atoms with Crippen LogP contribution in [0.15, 0.2) is 10.5 Å². The minimum atomic E-state index is -4.39. The van der Waals surface area contributed by atoms with E-state index in [2.05, 4.69) is 36.2 Å². The van der Waals surface area contributed by atoms with Gasteiger partial charge in [0.05, 0.1) is 31.6 Å². The molecule has 1 aliphatic heterocycles. The second-order valence-corrected chi connectivity index (χ2v) is 6.97. The lowest BCUT2D eigenvalue weighted by molar-refractivity contribution is -0.144. The first-order valence-electron chi connectivity index (χ1n) is 7.78. The van der Waals surface area contributed by atoms with Gasteiger partial charge in [-0.1, -0.05) is 0 Å². The number of ether oxygens (including phenoxy) is 1. The van der Waals surface area contributed by atoms with Gasteiger partial charge >= 0.3 is 12.1 Å². The summed E-state index contributed by atoms with van der Waals surface area (Å²) in [6.07, 6.45) is -5.42. The number of rotatable bonds is 3. The van der Waals surface area contributed by atoms with Crippen LogP contribution in [0, 0.1) is 5.92 Å². The monoisotopic (exact) mass is 433 g/mol. The topological polar surface area (TPSA) is 84.1 Å². The number of carbonyl (C=O) groups excluding carboxylic acids is 2. The lowest BCUT2D eigenvalue weighted by Gasteiger charge is -2.13. The van der Waals surface area contributed by atoms with Gasteiger partial charge in [-0.05, 0) is 39.5 Å². The first-order chi connectivity index (χ1) is 12.2. The van der Waals surface area contributed by atoms with E-state index < -0.39 is 24.5 Å². The molecule has 3 rings (SSSR count). The van der Waals surface area contributed by atoms with Gasteiger partial charge in [-0.25, -0.2) is 0 Å². The van der Waals surface area contributed by atoms with Crippen molar-refractivity contribution in [2.24, 2.45) is 5.92 Å². The molecule has 0 fully saturated rings. The van der Waals surface area contributed by atoms with Crippen molar-refractivity contribution in [3.05, 3.63) is 27.4 Å². The van der Waals surface area contributed by atoms with Crippen molar-refractivity contribution >= 4 is 38.7 Å². The molecule has 0 radical (unpaired) electrons. The molecular weight excluding hydrogens is 419 g/mol. The first kappa shape index (κ1) is 18.7. The van der Waals surface area contributed by atoms with Crippen molar-refractivity contribution in [1.29, 1.82) is 0 Å². The van der Waals surface area contributed by atoms with Crippen LogP contribution < -0.4 is 5.32 Å². The maximum Gasteiger partial charge on any atom is 0.394 e. The van der Waals surface area contributed by atoms with Gasteiger partial charge in [0.25, 0.3) is 0 Å². The van der Waals surface area contributed by atoms with E-state index in [0.717, 1.165) is 0 Å². The minimum absolute atomic E-state index is 0.0503. The number of nitrogens with one attached hydrogen (secondary N) is 2. The molecule has 1 aromatic heterocycles. The molecule has 2 aromatic rings. The van der Waals surface area contributed by atoms with Gasteiger partial charge in [-0.2, -0.15) is 18.3 Å². The summed E-state index contributed by atoms with van der Waals surface area (Å²) >= 11 is 3.33. The number of benzene rings is 1. The number of carbonyl (C=O) groups is 2. The third-order valence-electron chi connectivity index (χ3n) is 4.35. The van der Waals surface area contributed by atoms with Gasteiger partial charge in [0.1, 0.15) is 5.52 Å². The Kier molecular flexibility index (Phi) is 4.96. The molecule has 1 atom stereocenters. The number of aromatic amines is 1. The molecule has 0 spiro atoms. The van der Waals surface area contributed by atoms with E-state index in [0.29, 0.717) is 26.5 Å². The van der Waals surface area contributed by atoms with Crippen molar-refractivity contribution in [2.75, 3.05) is 7.11 Å². The van der Waals surface area contributed by atoms with Crippen LogP contribution >= 0.6 is 15.9 Å². The average Bonchev–Trinajstić information content (AvgIpc) is 2.89. The zero-order valence-corrected chi connectivity index (χ0v) is 15.3. The number of fused-ring (bicyclic) bond motifs is 3. The van der Waals surface area contributed by atoms with Crippen LogP contribution in [-0.2, 0) is 33.7 Å². The van der Waals surface area contributed by atoms with Crippen molar-refractivity contribution < 1.29 is 27.5 Å². The van der Waals surface area contributed by atoms with Gasteiger partial charge in [0.15, 0.2) is 0 Å². The third kappa shape index (κ3) is 3.69. The van der Waals surface area contributed by atoms with Crippen LogP contribution in [0.5, 0.6) is 0 Å². The van der Waals surface area contributed by atoms with Crippen molar-refractivity contribution in [2.45, 2.75) is 32.0 Å². The fraction of sp³-hybridized carbons (Fsp3) is 0.438. The number of alkyl halides is 3. The second kappa shape index (κ2) is 6.90. The molecule has 140 valence electrons. The van der Waals surface area contributed by atoms with E-state index in [4.69, 9.17) is 0 Å². The van der Waals surface area contributed by atoms with Crippen molar-refractivity contribution in [1.82, 2.24) is 15.5 Å².